The Labute approximate surface area is 663 Å². The average molecular weight is 1570 g/mol. The molecule has 5 atom stereocenters. The molecule has 0 aromatic rings. The molecule has 3 N–H and O–H groups in total. The number of esters is 4. The number of phosphoric acid groups is 2. The minimum atomic E-state index is -5.04. The third-order valence-corrected chi connectivity index (χ3v) is 17.2. The molecule has 0 fully saturated rings. The highest BCUT2D eigenvalue weighted by Gasteiger charge is 2.30. The zero-order valence-electron chi connectivity index (χ0n) is 67.1. The number of hydrogen-bond acceptors (Lipinski definition) is 15. The highest BCUT2D eigenvalue weighted by molar-refractivity contribution is 7.47. The Balaban J connectivity index is 5.60. The van der Waals surface area contributed by atoms with Crippen molar-refractivity contribution in [3.8, 4) is 0 Å². The fraction of sp³-hybridized carbons (Fsp3) is 0.516. The number of allylic oxidation sites excluding steroid dienone is 39. The molecule has 0 heterocycles. The first-order chi connectivity index (χ1) is 53.7. The van der Waals surface area contributed by atoms with Gasteiger partial charge in [-0.15, -0.1) is 0 Å². The Kier molecular flexibility index (Phi) is 74.7. The summed E-state index contributed by atoms with van der Waals surface area (Å²) in [4.78, 5) is 73.0. The molecule has 0 saturated carbocycles. The van der Waals surface area contributed by atoms with Gasteiger partial charge < -0.3 is 33.8 Å². The Morgan fingerprint density at radius 2 is 0.509 bits per heavy atom. The van der Waals surface area contributed by atoms with E-state index in [-0.39, 0.29) is 25.7 Å². The molecule has 0 bridgehead atoms. The first kappa shape index (κ1) is 103. The summed E-state index contributed by atoms with van der Waals surface area (Å²) in [5.41, 5.74) is 0. The minimum absolute atomic E-state index is 0.0182. The topological polar surface area (TPSA) is 237 Å². The van der Waals surface area contributed by atoms with E-state index in [4.69, 9.17) is 37.0 Å². The fourth-order valence-corrected chi connectivity index (χ4v) is 11.0. The molecule has 0 aliphatic heterocycles. The van der Waals surface area contributed by atoms with Gasteiger partial charge in [-0.3, -0.25) is 37.3 Å². The second-order valence-corrected chi connectivity index (χ2v) is 28.4. The third kappa shape index (κ3) is 79.0. The van der Waals surface area contributed by atoms with E-state index in [2.05, 4.69) is 216 Å². The quantitative estimate of drug-likeness (QED) is 0.0169. The predicted octanol–water partition coefficient (Wildman–Crippen LogP) is 24.0. The molecule has 5 unspecified atom stereocenters. The van der Waals surface area contributed by atoms with Crippen LogP contribution < -0.4 is 0 Å². The zero-order valence-corrected chi connectivity index (χ0v) is 68.9. The second kappa shape index (κ2) is 79.9. The van der Waals surface area contributed by atoms with Crippen molar-refractivity contribution >= 4 is 39.5 Å². The molecule has 0 aromatic carbocycles. The second-order valence-electron chi connectivity index (χ2n) is 25.5. The van der Waals surface area contributed by atoms with Crippen LogP contribution in [0, 0.1) is 0 Å². The summed E-state index contributed by atoms with van der Waals surface area (Å²) in [6, 6.07) is 0. The maximum absolute atomic E-state index is 13.1. The normalized spacial score (nSPS) is 15.1. The lowest BCUT2D eigenvalue weighted by Gasteiger charge is -2.21. The standard InChI is InChI=1S/C91H138O17P2/c1-5-9-13-17-21-25-29-33-37-40-42-45-49-52-56-60-64-68-72-76-89(94)102-82-87(108-91(96)78-74-70-66-62-58-54-50-46-43-41-38-34-30-26-22-18-14-10-6-2)84-106-110(99,100)104-80-85(92)79-103-109(97,98)105-83-86(107-90(95)77-73-69-65-61-57-53-47-36-32-28-24-20-16-12-8-4)81-101-88(93)75-71-67-63-59-55-51-48-44-39-35-31-27-23-19-15-11-7-3/h9-16,21-28,33-39,42-43,45-48,51-52,56-57,59,61,63-64,68-69,73,85-87,92H,5-8,17-20,29-32,40-41,44,49-50,53-55,58,60,62,65-67,70-72,74-84H2,1-4H3,(H,97,98)(H,99,100)/b13-9-,14-10-,15-11-,16-12-,25-21-,26-22-,27-23-,28-24-,37-33-,38-34-,39-35-,45-42-,46-43-,47-36-,51-48-,56-52-,61-57-,63-59-,68-64-,73-69-. The van der Waals surface area contributed by atoms with E-state index >= 15 is 0 Å². The molecule has 0 saturated heterocycles. The molecule has 0 radical (unpaired) electrons. The molecule has 19 heteroatoms. The lowest BCUT2D eigenvalue weighted by Crippen LogP contribution is -2.30. The van der Waals surface area contributed by atoms with Crippen LogP contribution in [0.3, 0.4) is 0 Å². The van der Waals surface area contributed by atoms with Crippen LogP contribution in [0.4, 0.5) is 0 Å². The van der Waals surface area contributed by atoms with Crippen molar-refractivity contribution in [1.82, 2.24) is 0 Å². The largest absolute Gasteiger partial charge is 0.472 e. The van der Waals surface area contributed by atoms with Gasteiger partial charge in [-0.2, -0.15) is 0 Å². The number of aliphatic hydroxyl groups excluding tert-OH is 1. The van der Waals surface area contributed by atoms with Gasteiger partial charge in [0.2, 0.25) is 0 Å². The van der Waals surface area contributed by atoms with E-state index in [0.717, 1.165) is 154 Å². The van der Waals surface area contributed by atoms with Gasteiger partial charge in [0.25, 0.3) is 0 Å². The van der Waals surface area contributed by atoms with Crippen LogP contribution >= 0.6 is 15.6 Å². The summed E-state index contributed by atoms with van der Waals surface area (Å²) >= 11 is 0. The average Bonchev–Trinajstić information content (AvgIpc) is 0.900. The molecule has 110 heavy (non-hydrogen) atoms. The SMILES string of the molecule is CC/C=C\C/C=C\C/C=C\C/C=C\C/C=C\C/C=C\CCC(=O)OCC(COP(=O)(O)OCC(O)COP(=O)(O)OCC(COC(=O)CCC/C=C\C/C=C\C/C=C\C/C=C\C/C=C\CC)OC(=O)C/C=C\C/C=C\C/C=C\C/C=C\C/C=C\CC)OC(=O)CCCCCCCC/C=C\C/C=C\C/C=C\C/C=C\CC. The van der Waals surface area contributed by atoms with Crippen molar-refractivity contribution in [3.63, 3.8) is 0 Å². The van der Waals surface area contributed by atoms with Crippen LogP contribution in [-0.2, 0) is 65.4 Å². The summed E-state index contributed by atoms with van der Waals surface area (Å²) < 4.78 is 68.4. The predicted molar refractivity (Wildman–Crippen MR) is 454 cm³/mol. The van der Waals surface area contributed by atoms with Gasteiger partial charge in [0, 0.05) is 19.3 Å². The number of aliphatic hydroxyl groups is 1. The van der Waals surface area contributed by atoms with Crippen molar-refractivity contribution < 1.29 is 80.2 Å². The summed E-state index contributed by atoms with van der Waals surface area (Å²) in [6.45, 7) is 4.08. The van der Waals surface area contributed by atoms with Gasteiger partial charge in [-0.05, 0) is 167 Å². The molecule has 0 rings (SSSR count). The van der Waals surface area contributed by atoms with E-state index < -0.39 is 97.5 Å². The number of carbonyl (C=O) groups is 4. The number of hydrogen-bond donors (Lipinski definition) is 3. The Morgan fingerprint density at radius 3 is 0.845 bits per heavy atom. The van der Waals surface area contributed by atoms with Crippen molar-refractivity contribution in [2.75, 3.05) is 39.6 Å². The molecule has 17 nitrogen and oxygen atoms in total. The van der Waals surface area contributed by atoms with E-state index in [1.165, 1.54) is 0 Å². The number of rotatable bonds is 72. The van der Waals surface area contributed by atoms with Gasteiger partial charge in [-0.25, -0.2) is 9.13 Å². The fourth-order valence-electron chi connectivity index (χ4n) is 9.41. The van der Waals surface area contributed by atoms with Crippen LogP contribution in [0.5, 0.6) is 0 Å². The van der Waals surface area contributed by atoms with Crippen LogP contribution in [0.1, 0.15) is 246 Å². The van der Waals surface area contributed by atoms with Gasteiger partial charge in [-0.1, -0.05) is 296 Å². The molecule has 0 amide bonds. The number of ether oxygens (including phenoxy) is 4. The van der Waals surface area contributed by atoms with Crippen molar-refractivity contribution in [3.05, 3.63) is 243 Å². The minimum Gasteiger partial charge on any atom is -0.462 e. The van der Waals surface area contributed by atoms with Gasteiger partial charge in [0.15, 0.2) is 12.2 Å². The Bertz CT molecular complexity index is 3050. The summed E-state index contributed by atoms with van der Waals surface area (Å²) in [5, 5.41) is 10.7. The van der Waals surface area contributed by atoms with Gasteiger partial charge >= 0.3 is 39.5 Å². The maximum Gasteiger partial charge on any atom is 0.472 e. The van der Waals surface area contributed by atoms with Crippen LogP contribution in [0.15, 0.2) is 243 Å². The first-order valence-electron chi connectivity index (χ1n) is 40.3. The number of unbranched alkanes of at least 4 members (excludes halogenated alkanes) is 7. The molecule has 0 aromatic heterocycles. The Morgan fingerprint density at radius 1 is 0.264 bits per heavy atom. The van der Waals surface area contributed by atoms with Crippen LogP contribution in [-0.4, -0.2) is 96.7 Å². The summed E-state index contributed by atoms with van der Waals surface area (Å²) in [5.74, 6) is -2.54. The lowest BCUT2D eigenvalue weighted by atomic mass is 10.1. The molecule has 0 aliphatic rings. The molecule has 0 spiro atoms. The molecule has 0 aliphatic carbocycles. The maximum atomic E-state index is 13.1. The van der Waals surface area contributed by atoms with E-state index in [1.807, 2.05) is 42.5 Å². The van der Waals surface area contributed by atoms with Gasteiger partial charge in [0.1, 0.15) is 19.3 Å². The van der Waals surface area contributed by atoms with Crippen LogP contribution in [0.25, 0.3) is 0 Å². The third-order valence-electron chi connectivity index (χ3n) is 15.3. The monoisotopic (exact) mass is 1560 g/mol. The zero-order chi connectivity index (χ0) is 80.3. The number of phosphoric ester groups is 2. The van der Waals surface area contributed by atoms with Crippen molar-refractivity contribution in [2.45, 2.75) is 264 Å². The molecule has 614 valence electrons. The van der Waals surface area contributed by atoms with Gasteiger partial charge in [0.05, 0.1) is 32.8 Å². The number of carbonyl (C=O) groups excluding carboxylic acids is 4. The molecular weight excluding hydrogens is 1430 g/mol. The van der Waals surface area contributed by atoms with E-state index in [9.17, 15) is 43.2 Å². The van der Waals surface area contributed by atoms with Crippen LogP contribution in [0.2, 0.25) is 0 Å². The van der Waals surface area contributed by atoms with Crippen molar-refractivity contribution in [1.29, 1.82) is 0 Å². The highest BCUT2D eigenvalue weighted by Crippen LogP contribution is 2.45. The Hall–Kier alpha value is -7.14. The van der Waals surface area contributed by atoms with E-state index in [0.29, 0.717) is 38.5 Å². The van der Waals surface area contributed by atoms with Crippen molar-refractivity contribution in [2.24, 2.45) is 0 Å². The summed E-state index contributed by atoms with van der Waals surface area (Å²) in [7, 11) is -10.1. The van der Waals surface area contributed by atoms with E-state index in [1.54, 1.807) is 12.2 Å². The highest BCUT2D eigenvalue weighted by atomic mass is 31.2. The summed E-state index contributed by atoms with van der Waals surface area (Å²) in [6.07, 6.45) is 105. The molecular formula is C91H138O17P2. The first-order valence-corrected chi connectivity index (χ1v) is 43.3. The smallest absolute Gasteiger partial charge is 0.462 e. The lowest BCUT2D eigenvalue weighted by molar-refractivity contribution is -0.161.